The van der Waals surface area contributed by atoms with Crippen LogP contribution in [0.3, 0.4) is 0 Å². The molecule has 0 saturated carbocycles. The molecule has 0 amide bonds. The van der Waals surface area contributed by atoms with Crippen molar-refractivity contribution < 1.29 is 27.5 Å². The molecular formula is C23H19F3N2O3. The summed E-state index contributed by atoms with van der Waals surface area (Å²) in [6.07, 6.45) is 0.515. The Morgan fingerprint density at radius 3 is 2.45 bits per heavy atom. The van der Waals surface area contributed by atoms with Gasteiger partial charge in [-0.15, -0.1) is 13.2 Å². The number of allylic oxidation sites excluding steroid dienone is 4. The van der Waals surface area contributed by atoms with E-state index >= 15 is 0 Å². The average molecular weight is 428 g/mol. The Morgan fingerprint density at radius 1 is 1.16 bits per heavy atom. The zero-order valence-corrected chi connectivity index (χ0v) is 16.6. The van der Waals surface area contributed by atoms with Gasteiger partial charge in [-0.25, -0.2) is 0 Å². The summed E-state index contributed by atoms with van der Waals surface area (Å²) in [7, 11) is 0. The van der Waals surface area contributed by atoms with Crippen molar-refractivity contribution in [2.45, 2.75) is 19.4 Å². The molecule has 5 nitrogen and oxygen atoms in total. The van der Waals surface area contributed by atoms with Gasteiger partial charge in [-0.05, 0) is 37.3 Å². The van der Waals surface area contributed by atoms with Gasteiger partial charge < -0.3 is 14.4 Å². The number of aliphatic hydroxyl groups excluding tert-OH is 1. The number of rotatable bonds is 7. The van der Waals surface area contributed by atoms with E-state index in [1.165, 1.54) is 18.3 Å². The van der Waals surface area contributed by atoms with Crippen molar-refractivity contribution in [3.8, 4) is 17.0 Å². The lowest BCUT2D eigenvalue weighted by Gasteiger charge is -2.13. The summed E-state index contributed by atoms with van der Waals surface area (Å²) in [5, 5.41) is 15.1. The second-order valence-electron chi connectivity index (χ2n) is 6.74. The molecule has 1 aromatic carbocycles. The lowest BCUT2D eigenvalue weighted by molar-refractivity contribution is -0.274. The van der Waals surface area contributed by atoms with Gasteiger partial charge >= 0.3 is 6.36 Å². The Labute approximate surface area is 176 Å². The van der Waals surface area contributed by atoms with Crippen molar-refractivity contribution >= 4 is 5.57 Å². The van der Waals surface area contributed by atoms with Crippen molar-refractivity contribution in [2.75, 3.05) is 0 Å². The summed E-state index contributed by atoms with van der Waals surface area (Å²) in [4.78, 5) is 4.02. The van der Waals surface area contributed by atoms with Crippen LogP contribution in [0.2, 0.25) is 0 Å². The SMILES string of the molecule is C=C(C)/C=C\C(=C)c1onc(-c2ccc(OC(F)(F)F)cc2)c1C(O)c1cccnc1. The minimum atomic E-state index is -4.79. The molecule has 0 saturated heterocycles. The van der Waals surface area contributed by atoms with E-state index in [-0.39, 0.29) is 17.2 Å². The standard InChI is InChI=1S/C23H19F3N2O3/c1-14(2)6-7-15(3)22-19(21(29)17-5-4-12-27-13-17)20(28-31-22)16-8-10-18(11-9-16)30-23(24,25)26/h4-13,21,29H,1,3H2,2H3/b7-6-. The first kappa shape index (κ1) is 22.0. The number of aromatic nitrogens is 2. The number of alkyl halides is 3. The summed E-state index contributed by atoms with van der Waals surface area (Å²) >= 11 is 0. The Balaban J connectivity index is 2.06. The summed E-state index contributed by atoms with van der Waals surface area (Å²) in [6.45, 7) is 9.56. The van der Waals surface area contributed by atoms with Gasteiger partial charge in [0.15, 0.2) is 5.76 Å². The third-order valence-electron chi connectivity index (χ3n) is 4.22. The quantitative estimate of drug-likeness (QED) is 0.477. The maximum absolute atomic E-state index is 12.4. The summed E-state index contributed by atoms with van der Waals surface area (Å²) in [6, 6.07) is 8.47. The molecule has 1 unspecified atom stereocenters. The number of hydrogen-bond acceptors (Lipinski definition) is 5. The smallest absolute Gasteiger partial charge is 0.406 e. The van der Waals surface area contributed by atoms with Crippen LogP contribution in [-0.2, 0) is 0 Å². The molecule has 0 spiro atoms. The molecule has 0 aliphatic carbocycles. The molecule has 1 atom stereocenters. The van der Waals surface area contributed by atoms with Gasteiger partial charge in [0.05, 0.1) is 5.56 Å². The number of halogens is 3. The third kappa shape index (κ3) is 5.49. The van der Waals surface area contributed by atoms with Crippen molar-refractivity contribution in [1.29, 1.82) is 0 Å². The van der Waals surface area contributed by atoms with Crippen LogP contribution < -0.4 is 4.74 Å². The molecule has 0 aliphatic rings. The number of nitrogens with zero attached hydrogens (tertiary/aromatic N) is 2. The Hall–Kier alpha value is -3.65. The number of ether oxygens (including phenoxy) is 1. The first-order chi connectivity index (χ1) is 14.7. The van der Waals surface area contributed by atoms with Crippen LogP contribution in [0.4, 0.5) is 13.2 Å². The minimum absolute atomic E-state index is 0.236. The highest BCUT2D eigenvalue weighted by atomic mass is 19.4. The van der Waals surface area contributed by atoms with Crippen molar-refractivity contribution in [1.82, 2.24) is 10.1 Å². The number of aliphatic hydroxyl groups is 1. The van der Waals surface area contributed by atoms with Gasteiger partial charge in [0.1, 0.15) is 17.5 Å². The van der Waals surface area contributed by atoms with Crippen LogP contribution in [0.1, 0.15) is 29.9 Å². The van der Waals surface area contributed by atoms with Crippen LogP contribution >= 0.6 is 0 Å². The van der Waals surface area contributed by atoms with Gasteiger partial charge in [-0.3, -0.25) is 4.98 Å². The molecule has 3 rings (SSSR count). The molecule has 160 valence electrons. The highest BCUT2D eigenvalue weighted by Crippen LogP contribution is 2.37. The fourth-order valence-corrected chi connectivity index (χ4v) is 2.83. The van der Waals surface area contributed by atoms with E-state index in [2.05, 4.69) is 28.0 Å². The monoisotopic (exact) mass is 428 g/mol. The van der Waals surface area contributed by atoms with E-state index in [1.807, 2.05) is 6.92 Å². The van der Waals surface area contributed by atoms with Crippen LogP contribution in [0.5, 0.6) is 5.75 Å². The molecular weight excluding hydrogens is 409 g/mol. The first-order valence-electron chi connectivity index (χ1n) is 9.12. The van der Waals surface area contributed by atoms with E-state index in [4.69, 9.17) is 4.52 Å². The number of pyridine rings is 1. The predicted octanol–water partition coefficient (Wildman–Crippen LogP) is 5.86. The van der Waals surface area contributed by atoms with Crippen molar-refractivity contribution in [3.63, 3.8) is 0 Å². The zero-order valence-electron chi connectivity index (χ0n) is 16.6. The molecule has 2 aromatic heterocycles. The maximum Gasteiger partial charge on any atom is 0.573 e. The lowest BCUT2D eigenvalue weighted by atomic mass is 9.95. The van der Waals surface area contributed by atoms with E-state index in [9.17, 15) is 18.3 Å². The van der Waals surface area contributed by atoms with E-state index in [0.717, 1.165) is 17.7 Å². The highest BCUT2D eigenvalue weighted by Gasteiger charge is 2.31. The Kier molecular flexibility index (Phi) is 6.41. The third-order valence-corrected chi connectivity index (χ3v) is 4.22. The normalized spacial score (nSPS) is 12.7. The lowest BCUT2D eigenvalue weighted by Crippen LogP contribution is -2.16. The second kappa shape index (κ2) is 9.01. The molecule has 8 heteroatoms. The first-order valence-corrected chi connectivity index (χ1v) is 9.12. The molecule has 0 bridgehead atoms. The molecule has 2 heterocycles. The molecule has 31 heavy (non-hydrogen) atoms. The van der Waals surface area contributed by atoms with Gasteiger partial charge in [0.2, 0.25) is 0 Å². The largest absolute Gasteiger partial charge is 0.573 e. The topological polar surface area (TPSA) is 68.4 Å². The van der Waals surface area contributed by atoms with Crippen molar-refractivity contribution in [2.24, 2.45) is 0 Å². The fourth-order valence-electron chi connectivity index (χ4n) is 2.83. The predicted molar refractivity (Wildman–Crippen MR) is 110 cm³/mol. The summed E-state index contributed by atoms with van der Waals surface area (Å²) < 4.78 is 46.7. The van der Waals surface area contributed by atoms with Crippen LogP contribution in [0.25, 0.3) is 16.8 Å². The highest BCUT2D eigenvalue weighted by molar-refractivity contribution is 5.77. The van der Waals surface area contributed by atoms with Crippen LogP contribution in [0.15, 0.2) is 84.2 Å². The molecule has 0 radical (unpaired) electrons. The molecule has 1 N–H and O–H groups in total. The van der Waals surface area contributed by atoms with E-state index < -0.39 is 12.5 Å². The molecule has 3 aromatic rings. The van der Waals surface area contributed by atoms with E-state index in [1.54, 1.807) is 30.5 Å². The minimum Gasteiger partial charge on any atom is -0.406 e. The summed E-state index contributed by atoms with van der Waals surface area (Å²) in [5.41, 5.74) is 2.72. The second-order valence-corrected chi connectivity index (χ2v) is 6.74. The zero-order chi connectivity index (χ0) is 22.6. The van der Waals surface area contributed by atoms with Gasteiger partial charge in [0, 0.05) is 29.1 Å². The van der Waals surface area contributed by atoms with Crippen LogP contribution in [-0.4, -0.2) is 21.6 Å². The van der Waals surface area contributed by atoms with E-state index in [0.29, 0.717) is 22.3 Å². The van der Waals surface area contributed by atoms with Crippen LogP contribution in [0, 0.1) is 0 Å². The number of benzene rings is 1. The average Bonchev–Trinajstić information content (AvgIpc) is 3.16. The summed E-state index contributed by atoms with van der Waals surface area (Å²) in [5.74, 6) is -0.136. The fraction of sp³-hybridized carbons (Fsp3) is 0.130. The molecule has 0 aliphatic heterocycles. The number of hydrogen-bond donors (Lipinski definition) is 1. The Morgan fingerprint density at radius 2 is 1.87 bits per heavy atom. The maximum atomic E-state index is 12.4. The van der Waals surface area contributed by atoms with Crippen molar-refractivity contribution in [3.05, 3.63) is 96.6 Å². The Bertz CT molecular complexity index is 1100. The van der Waals surface area contributed by atoms with Gasteiger partial charge in [0.25, 0.3) is 0 Å². The van der Waals surface area contributed by atoms with Gasteiger partial charge in [-0.2, -0.15) is 0 Å². The van der Waals surface area contributed by atoms with Gasteiger partial charge in [-0.1, -0.05) is 42.1 Å². The molecule has 0 fully saturated rings.